The van der Waals surface area contributed by atoms with Gasteiger partial charge in [-0.3, -0.25) is 4.79 Å². The summed E-state index contributed by atoms with van der Waals surface area (Å²) in [6.07, 6.45) is 2.33. The number of hydrogen-bond donors (Lipinski definition) is 1. The lowest BCUT2D eigenvalue weighted by atomic mass is 9.67. The fraction of sp³-hybridized carbons (Fsp3) is 0.526. The van der Waals surface area contributed by atoms with Crippen LogP contribution in [0.1, 0.15) is 18.6 Å². The number of thiophene rings is 1. The molecule has 6 heteroatoms. The number of hydrogen-bond acceptors (Lipinski definition) is 5. The first-order chi connectivity index (χ1) is 12.3. The number of fused-ring (bicyclic) bond motifs is 1. The van der Waals surface area contributed by atoms with Crippen LogP contribution in [0.3, 0.4) is 0 Å². The second-order valence-corrected chi connectivity index (χ2v) is 7.69. The highest BCUT2D eigenvalue weighted by Crippen LogP contribution is 2.43. The first kappa shape index (κ1) is 16.8. The summed E-state index contributed by atoms with van der Waals surface area (Å²) in [6.45, 7) is 1.42. The smallest absolute Gasteiger partial charge is 0.220 e. The van der Waals surface area contributed by atoms with Crippen LogP contribution in [0.4, 0.5) is 0 Å². The zero-order chi connectivity index (χ0) is 17.2. The molecule has 0 aromatic carbocycles. The monoisotopic (exact) mass is 361 g/mol. The maximum Gasteiger partial charge on any atom is 0.220 e. The van der Waals surface area contributed by atoms with Crippen molar-refractivity contribution >= 4 is 17.2 Å². The van der Waals surface area contributed by atoms with Crippen molar-refractivity contribution in [2.45, 2.75) is 31.4 Å². The molecule has 5 nitrogen and oxygen atoms in total. The Labute approximate surface area is 151 Å². The molecule has 25 heavy (non-hydrogen) atoms. The number of ether oxygens (including phenoxy) is 2. The zero-order valence-corrected chi connectivity index (χ0v) is 15.1. The van der Waals surface area contributed by atoms with Crippen LogP contribution >= 0.6 is 11.3 Å². The molecule has 0 unspecified atom stereocenters. The molecule has 2 aromatic heterocycles. The third-order valence-electron chi connectivity index (χ3n) is 5.24. The summed E-state index contributed by atoms with van der Waals surface area (Å²) in [6, 6.07) is 8.15. The number of furan rings is 1. The second-order valence-electron chi connectivity index (χ2n) is 6.74. The van der Waals surface area contributed by atoms with Crippen LogP contribution < -0.4 is 5.32 Å². The first-order valence-corrected chi connectivity index (χ1v) is 9.66. The van der Waals surface area contributed by atoms with Gasteiger partial charge in [0.1, 0.15) is 11.5 Å². The molecular formula is C19H23NO4S. The highest BCUT2D eigenvalue weighted by molar-refractivity contribution is 7.13. The topological polar surface area (TPSA) is 60.7 Å². The van der Waals surface area contributed by atoms with Crippen molar-refractivity contribution in [3.05, 3.63) is 35.4 Å². The third kappa shape index (κ3) is 3.38. The molecule has 2 fully saturated rings. The molecule has 0 bridgehead atoms. The number of carbonyl (C=O) groups is 1. The molecule has 2 aromatic rings. The number of rotatable bonds is 7. The Morgan fingerprint density at radius 3 is 3.12 bits per heavy atom. The average molecular weight is 361 g/mol. The summed E-state index contributed by atoms with van der Waals surface area (Å²) in [4.78, 5) is 13.5. The summed E-state index contributed by atoms with van der Waals surface area (Å²) in [5, 5.41) is 5.22. The van der Waals surface area contributed by atoms with Crippen LogP contribution in [0.2, 0.25) is 0 Å². The van der Waals surface area contributed by atoms with Crippen molar-refractivity contribution in [2.75, 3.05) is 20.3 Å². The molecule has 4 rings (SSSR count). The molecule has 4 atom stereocenters. The van der Waals surface area contributed by atoms with E-state index in [0.29, 0.717) is 25.4 Å². The summed E-state index contributed by atoms with van der Waals surface area (Å²) in [7, 11) is 1.70. The lowest BCUT2D eigenvalue weighted by Crippen LogP contribution is -2.62. The zero-order valence-electron chi connectivity index (χ0n) is 14.3. The molecule has 1 aliphatic carbocycles. The van der Waals surface area contributed by atoms with E-state index in [1.165, 1.54) is 0 Å². The van der Waals surface area contributed by atoms with E-state index in [9.17, 15) is 4.79 Å². The molecule has 1 saturated heterocycles. The summed E-state index contributed by atoms with van der Waals surface area (Å²) in [5.41, 5.74) is 0. The van der Waals surface area contributed by atoms with E-state index >= 15 is 0 Å². The molecule has 1 aliphatic heterocycles. The van der Waals surface area contributed by atoms with Gasteiger partial charge >= 0.3 is 0 Å². The van der Waals surface area contributed by atoms with Crippen LogP contribution in [0.15, 0.2) is 34.1 Å². The highest BCUT2D eigenvalue weighted by Gasteiger charge is 2.54. The van der Waals surface area contributed by atoms with Gasteiger partial charge in [0.15, 0.2) is 0 Å². The Kier molecular flexibility index (Phi) is 4.92. The van der Waals surface area contributed by atoms with Crippen LogP contribution in [-0.2, 0) is 20.7 Å². The van der Waals surface area contributed by atoms with Crippen LogP contribution in [0.25, 0.3) is 10.6 Å². The fourth-order valence-electron chi connectivity index (χ4n) is 3.99. The van der Waals surface area contributed by atoms with E-state index in [-0.39, 0.29) is 24.0 Å². The summed E-state index contributed by atoms with van der Waals surface area (Å²) >= 11 is 1.65. The molecule has 0 spiro atoms. The van der Waals surface area contributed by atoms with Gasteiger partial charge in [-0.15, -0.1) is 11.3 Å². The summed E-state index contributed by atoms with van der Waals surface area (Å²) in [5.74, 6) is 2.51. The van der Waals surface area contributed by atoms with E-state index in [4.69, 9.17) is 13.9 Å². The minimum Gasteiger partial charge on any atom is -0.460 e. The number of aryl methyl sites for hydroxylation is 1. The maximum absolute atomic E-state index is 12.4. The van der Waals surface area contributed by atoms with Gasteiger partial charge in [0.25, 0.3) is 0 Å². The van der Waals surface area contributed by atoms with E-state index in [1.54, 1.807) is 18.4 Å². The predicted molar refractivity (Wildman–Crippen MR) is 95.5 cm³/mol. The Morgan fingerprint density at radius 1 is 1.40 bits per heavy atom. The van der Waals surface area contributed by atoms with E-state index < -0.39 is 0 Å². The Morgan fingerprint density at radius 2 is 2.32 bits per heavy atom. The average Bonchev–Trinajstić information content (AvgIpc) is 3.36. The SMILES string of the molecule is COC[C@@H]1[C@H](NC(=O)CCc2ccc(-c3cccs3)o2)[C@H]2CCO[C@H]21. The van der Waals surface area contributed by atoms with Gasteiger partial charge in [-0.1, -0.05) is 6.07 Å². The van der Waals surface area contributed by atoms with Crippen molar-refractivity contribution in [1.29, 1.82) is 0 Å². The largest absolute Gasteiger partial charge is 0.460 e. The Balaban J connectivity index is 1.29. The van der Waals surface area contributed by atoms with Crippen molar-refractivity contribution in [1.82, 2.24) is 5.32 Å². The van der Waals surface area contributed by atoms with Crippen LogP contribution in [-0.4, -0.2) is 38.4 Å². The van der Waals surface area contributed by atoms with Crippen molar-refractivity contribution in [3.8, 4) is 10.6 Å². The molecule has 0 radical (unpaired) electrons. The maximum atomic E-state index is 12.4. The van der Waals surface area contributed by atoms with E-state index in [1.807, 2.05) is 29.6 Å². The lowest BCUT2D eigenvalue weighted by molar-refractivity contribution is -0.129. The van der Waals surface area contributed by atoms with Gasteiger partial charge < -0.3 is 19.2 Å². The number of amides is 1. The molecule has 134 valence electrons. The standard InChI is InChI=1S/C19H23NO4S/c1-22-11-14-18(13-8-9-23-19(13)14)20-17(21)7-5-12-4-6-15(24-12)16-3-2-10-25-16/h2-4,6,10,13-14,18-19H,5,7-9,11H2,1H3,(H,20,21)/t13-,14-,18-,19-/m1/s1. The normalized spacial score (nSPS) is 27.7. The van der Waals surface area contributed by atoms with Gasteiger partial charge in [0.05, 0.1) is 17.6 Å². The highest BCUT2D eigenvalue weighted by atomic mass is 32.1. The van der Waals surface area contributed by atoms with Gasteiger partial charge in [0.2, 0.25) is 5.91 Å². The molecular weight excluding hydrogens is 338 g/mol. The lowest BCUT2D eigenvalue weighted by Gasteiger charge is -2.47. The van der Waals surface area contributed by atoms with Gasteiger partial charge in [-0.25, -0.2) is 0 Å². The van der Waals surface area contributed by atoms with Crippen molar-refractivity contribution in [3.63, 3.8) is 0 Å². The van der Waals surface area contributed by atoms with Gasteiger partial charge in [-0.05, 0) is 30.0 Å². The van der Waals surface area contributed by atoms with E-state index in [2.05, 4.69) is 5.32 Å². The molecule has 2 aliphatic rings. The van der Waals surface area contributed by atoms with Gasteiger partial charge in [-0.2, -0.15) is 0 Å². The fourth-order valence-corrected chi connectivity index (χ4v) is 4.68. The third-order valence-corrected chi connectivity index (χ3v) is 6.12. The van der Waals surface area contributed by atoms with Crippen molar-refractivity contribution < 1.29 is 18.7 Å². The Bertz CT molecular complexity index is 711. The second kappa shape index (κ2) is 7.32. The minimum absolute atomic E-state index is 0.0746. The number of carbonyl (C=O) groups excluding carboxylic acids is 1. The number of methoxy groups -OCH3 is 1. The van der Waals surface area contributed by atoms with Gasteiger partial charge in [0, 0.05) is 44.4 Å². The summed E-state index contributed by atoms with van der Waals surface area (Å²) < 4.78 is 16.9. The molecule has 1 N–H and O–H groups in total. The molecule has 3 heterocycles. The quantitative estimate of drug-likeness (QED) is 0.823. The molecule has 1 saturated carbocycles. The minimum atomic E-state index is 0.0746. The number of nitrogens with one attached hydrogen (secondary N) is 1. The molecule has 1 amide bonds. The van der Waals surface area contributed by atoms with Crippen LogP contribution in [0.5, 0.6) is 0 Å². The predicted octanol–water partition coefficient (Wildman–Crippen LogP) is 3.11. The van der Waals surface area contributed by atoms with E-state index in [0.717, 1.165) is 29.4 Å². The first-order valence-electron chi connectivity index (χ1n) is 8.79. The van der Waals surface area contributed by atoms with Crippen LogP contribution in [0, 0.1) is 11.8 Å². The Hall–Kier alpha value is -1.63. The van der Waals surface area contributed by atoms with Crippen molar-refractivity contribution in [2.24, 2.45) is 11.8 Å².